The number of rotatable bonds is 10. The first-order valence-electron chi connectivity index (χ1n) is 8.64. The van der Waals surface area contributed by atoms with Crippen LogP contribution in [0.3, 0.4) is 0 Å². The van der Waals surface area contributed by atoms with E-state index in [1.54, 1.807) is 0 Å². The van der Waals surface area contributed by atoms with Crippen LogP contribution in [0.5, 0.6) is 0 Å². The zero-order chi connectivity index (χ0) is 32.8. The Balaban J connectivity index is -0.0000000170. The Kier molecular flexibility index (Phi) is 191. The molecule has 0 saturated carbocycles. The fraction of sp³-hybridized carbons (Fsp3) is 0. The summed E-state index contributed by atoms with van der Waals surface area (Å²) in [5.41, 5.74) is 0. The van der Waals surface area contributed by atoms with Crippen molar-refractivity contribution < 1.29 is 419 Å². The van der Waals surface area contributed by atoms with Gasteiger partial charge in [0.1, 0.15) is 0 Å². The van der Waals surface area contributed by atoms with Crippen molar-refractivity contribution in [1.82, 2.24) is 0 Å². The predicted molar refractivity (Wildman–Crippen MR) is 99.2 cm³/mol. The molecule has 0 aromatic carbocycles. The molecule has 0 bridgehead atoms. The van der Waals surface area contributed by atoms with E-state index in [-0.39, 0.29) is 320 Å². The number of hydrogen-bond acceptors (Lipinski definition) is 20. The van der Waals surface area contributed by atoms with Gasteiger partial charge in [0, 0.05) is 0 Å². The number of carbonyl (C=O) groups is 10. The van der Waals surface area contributed by atoms with Gasteiger partial charge in [-0.25, -0.2) is 0 Å². The van der Waals surface area contributed by atoms with E-state index in [9.17, 15) is 99.0 Å². The quantitative estimate of drug-likeness (QED) is 0.145. The molecule has 0 aliphatic heterocycles. The first-order valence-corrected chi connectivity index (χ1v) is 8.64. The minimum Gasteiger partial charge on any atom is -2.00 e. The van der Waals surface area contributed by atoms with Crippen molar-refractivity contribution in [2.24, 2.45) is 0 Å². The SMILES string of the molecule is O=C([O-])/C=C\C(=O)[O-].O=C([O-])/C=C\C(=O)[O-].O=C([O-])/C=C\C(=O)[O-].O=C([O-])/C=C\C(=O)[O-].O=C([O-])/C=C\C(=O)[O-].[K+].[K+].[K+].[K+].[O-2].[O-2].[O-2].[O-2].[O-2].[Ti+4].[Ti+4].[Ti+4].[Ti+4]. The molecule has 260 valence electrons. The molecule has 0 heterocycles. The Morgan fingerprint density at radius 2 is 0.245 bits per heavy atom. The van der Waals surface area contributed by atoms with Crippen molar-refractivity contribution in [1.29, 1.82) is 0 Å². The number of hydrogen-bond donors (Lipinski definition) is 0. The summed E-state index contributed by atoms with van der Waals surface area (Å²) in [5.74, 6) is -15.5. The molecule has 33 heteroatoms. The molecule has 0 aromatic heterocycles. The number of carbonyl (C=O) groups excluding carboxylic acids is 10. The van der Waals surface area contributed by atoms with Crippen molar-refractivity contribution in [3.63, 3.8) is 0 Å². The first-order chi connectivity index (χ1) is 18.1. The molecule has 0 aromatic rings. The average molecular weight is 998 g/mol. The van der Waals surface area contributed by atoms with Gasteiger partial charge in [0.25, 0.3) is 0 Å². The van der Waals surface area contributed by atoms with Gasteiger partial charge in [-0.15, -0.1) is 0 Å². The minimum absolute atomic E-state index is 0. The fourth-order valence-electron chi connectivity index (χ4n) is 0.680. The van der Waals surface area contributed by atoms with E-state index in [2.05, 4.69) is 0 Å². The van der Waals surface area contributed by atoms with Crippen molar-refractivity contribution in [3.8, 4) is 0 Å². The molecule has 0 atom stereocenters. The molecule has 0 N–H and O–H groups in total. The maximum Gasteiger partial charge on any atom is 4.00 e. The van der Waals surface area contributed by atoms with Gasteiger partial charge in [-0.2, -0.15) is 0 Å². The fourth-order valence-corrected chi connectivity index (χ4v) is 0.680. The first kappa shape index (κ1) is 117. The average Bonchev–Trinajstić information content (AvgIpc) is 2.79. The summed E-state index contributed by atoms with van der Waals surface area (Å²) in [7, 11) is 0. The second kappa shape index (κ2) is 86.4. The van der Waals surface area contributed by atoms with Crippen LogP contribution in [0.15, 0.2) is 60.8 Å². The third-order valence-electron chi connectivity index (χ3n) is 1.78. The second-order valence-electron chi connectivity index (χ2n) is 4.86. The van der Waals surface area contributed by atoms with Crippen LogP contribution < -0.4 is 257 Å². The number of carboxylic acid groups (broad SMARTS) is 10. The Morgan fingerprint density at radius 1 is 0.208 bits per heavy atom. The van der Waals surface area contributed by atoms with E-state index >= 15 is 0 Å². The molecule has 0 aliphatic rings. The van der Waals surface area contributed by atoms with Crippen molar-refractivity contribution in [2.45, 2.75) is 0 Å². The molecule has 0 aliphatic carbocycles. The molecule has 0 fully saturated rings. The van der Waals surface area contributed by atoms with E-state index in [1.807, 2.05) is 0 Å². The van der Waals surface area contributed by atoms with E-state index in [0.717, 1.165) is 0 Å². The van der Waals surface area contributed by atoms with Crippen LogP contribution in [0, 0.1) is 0 Å². The zero-order valence-electron chi connectivity index (χ0n) is 27.0. The molecular formula is C20H10K4O25Ti4. The normalized spacial score (nSPS) is 7.17. The van der Waals surface area contributed by atoms with Gasteiger partial charge in [-0.05, 0) is 60.8 Å². The standard InChI is InChI=1S/5C4H4O4.4K.5O.4Ti/c5*5-3(6)1-2-4(7)8;;;;;;;;;;;;;/h5*1-2H,(H,5,6)(H,7,8);;;;;;;;;;;;;/q;;;;;4*+1;5*-2;4*+4/p-10/b5*2-1-;;;;;;;;;;;;;. The molecule has 0 spiro atoms. The Labute approximate surface area is 527 Å². The molecular weight excluding hydrogens is 988 g/mol. The summed E-state index contributed by atoms with van der Waals surface area (Å²) >= 11 is 0. The van der Waals surface area contributed by atoms with Crippen LogP contribution in [-0.2, 0) is 162 Å². The Hall–Kier alpha value is 2.60. The van der Waals surface area contributed by atoms with Crippen LogP contribution in [0.2, 0.25) is 0 Å². The summed E-state index contributed by atoms with van der Waals surface area (Å²) in [6, 6.07) is 0. The molecule has 0 rings (SSSR count). The van der Waals surface area contributed by atoms with Gasteiger partial charge in [-0.3, -0.25) is 0 Å². The van der Waals surface area contributed by atoms with Gasteiger partial charge >= 0.3 is 292 Å². The third kappa shape index (κ3) is 198. The molecule has 0 radical (unpaired) electrons. The maximum atomic E-state index is 9.41. The summed E-state index contributed by atoms with van der Waals surface area (Å²) in [6.07, 6.45) is 3.84. The van der Waals surface area contributed by atoms with E-state index in [0.29, 0.717) is 60.8 Å². The summed E-state index contributed by atoms with van der Waals surface area (Å²) in [6.45, 7) is 0. The molecule has 0 unspecified atom stereocenters. The topological polar surface area (TPSA) is 544 Å². The molecule has 25 nitrogen and oxygen atoms in total. The molecule has 0 amide bonds. The Morgan fingerprint density at radius 3 is 0.264 bits per heavy atom. The van der Waals surface area contributed by atoms with Crippen LogP contribution >= 0.6 is 0 Å². The maximum absolute atomic E-state index is 9.41. The van der Waals surface area contributed by atoms with Gasteiger partial charge in [0.15, 0.2) is 0 Å². The zero-order valence-corrected chi connectivity index (χ0v) is 45.7. The summed E-state index contributed by atoms with van der Waals surface area (Å²) in [5, 5.41) is 94.1. The van der Waals surface area contributed by atoms with Crippen molar-refractivity contribution in [3.05, 3.63) is 60.8 Å². The number of aliphatic carboxylic acids is 10. The van der Waals surface area contributed by atoms with Crippen molar-refractivity contribution in [2.75, 3.05) is 0 Å². The smallest absolute Gasteiger partial charge is 2.00 e. The second-order valence-corrected chi connectivity index (χ2v) is 4.86. The predicted octanol–water partition coefficient (Wildman–Crippen LogP) is -27.4. The van der Waals surface area contributed by atoms with E-state index in [4.69, 9.17) is 0 Å². The van der Waals surface area contributed by atoms with Gasteiger partial charge in [0.05, 0.1) is 59.7 Å². The van der Waals surface area contributed by atoms with Gasteiger partial charge in [-0.1, -0.05) is 0 Å². The van der Waals surface area contributed by atoms with E-state index < -0.39 is 59.7 Å². The minimum atomic E-state index is -1.55. The van der Waals surface area contributed by atoms with E-state index in [1.165, 1.54) is 0 Å². The van der Waals surface area contributed by atoms with Gasteiger partial charge < -0.3 is 126 Å². The summed E-state index contributed by atoms with van der Waals surface area (Å²) < 4.78 is 0. The van der Waals surface area contributed by atoms with Crippen LogP contribution in [0.1, 0.15) is 0 Å². The van der Waals surface area contributed by atoms with Crippen molar-refractivity contribution >= 4 is 59.7 Å². The largest absolute Gasteiger partial charge is 4.00 e. The van der Waals surface area contributed by atoms with Crippen LogP contribution in [0.4, 0.5) is 0 Å². The van der Waals surface area contributed by atoms with Crippen LogP contribution in [-0.4, -0.2) is 59.7 Å². The molecule has 53 heavy (non-hydrogen) atoms. The number of carboxylic acids is 10. The monoisotopic (exact) mass is 998 g/mol. The molecule has 0 saturated heterocycles. The van der Waals surface area contributed by atoms with Crippen LogP contribution in [0.25, 0.3) is 0 Å². The third-order valence-corrected chi connectivity index (χ3v) is 1.78. The summed E-state index contributed by atoms with van der Waals surface area (Å²) in [4.78, 5) is 94.1. The Bertz CT molecular complexity index is 837. The van der Waals surface area contributed by atoms with Gasteiger partial charge in [0.2, 0.25) is 0 Å².